The molecule has 2 unspecified atom stereocenters. The lowest BCUT2D eigenvalue weighted by molar-refractivity contribution is -0.134. The van der Waals surface area contributed by atoms with Crippen molar-refractivity contribution in [1.82, 2.24) is 25.1 Å². The van der Waals surface area contributed by atoms with E-state index in [1.54, 1.807) is 18.0 Å². The molecule has 0 spiro atoms. The summed E-state index contributed by atoms with van der Waals surface area (Å²) in [4.78, 5) is 25.8. The molecule has 4 heterocycles. The van der Waals surface area contributed by atoms with Crippen molar-refractivity contribution in [2.45, 2.75) is 18.0 Å². The van der Waals surface area contributed by atoms with Gasteiger partial charge in [-0.05, 0) is 23.8 Å². The van der Waals surface area contributed by atoms with E-state index in [9.17, 15) is 4.79 Å². The number of amides is 1. The fourth-order valence-corrected chi connectivity index (χ4v) is 4.62. The molecule has 2 aromatic rings. The van der Waals surface area contributed by atoms with Gasteiger partial charge in [0.15, 0.2) is 0 Å². The zero-order chi connectivity index (χ0) is 17.8. The highest BCUT2D eigenvalue weighted by Gasteiger charge is 2.34. The Morgan fingerprint density at radius 1 is 1.15 bits per heavy atom. The lowest BCUT2D eigenvalue weighted by atomic mass is 10.2. The number of hydrogen-bond donors (Lipinski definition) is 1. The Balaban J connectivity index is 1.27. The van der Waals surface area contributed by atoms with Crippen LogP contribution in [0.4, 0.5) is 0 Å². The first kappa shape index (κ1) is 17.5. The zero-order valence-corrected chi connectivity index (χ0v) is 15.4. The summed E-state index contributed by atoms with van der Waals surface area (Å²) in [6, 6.07) is 9.90. The number of pyridine rings is 2. The lowest BCUT2D eigenvalue weighted by Crippen LogP contribution is -2.53. The van der Waals surface area contributed by atoms with Crippen molar-refractivity contribution >= 4 is 17.7 Å². The van der Waals surface area contributed by atoms with Crippen LogP contribution < -0.4 is 5.32 Å². The van der Waals surface area contributed by atoms with Crippen molar-refractivity contribution in [3.8, 4) is 0 Å². The van der Waals surface area contributed by atoms with Gasteiger partial charge in [-0.3, -0.25) is 25.0 Å². The molecule has 6 nitrogen and oxygen atoms in total. The number of rotatable bonds is 4. The number of thioether (sulfide) groups is 1. The average molecular weight is 369 g/mol. The predicted octanol–water partition coefficient (Wildman–Crippen LogP) is 1.52. The van der Waals surface area contributed by atoms with Crippen LogP contribution in [-0.2, 0) is 11.3 Å². The average Bonchev–Trinajstić information content (AvgIpc) is 3.20. The number of piperazine rings is 1. The normalized spacial score (nSPS) is 23.9. The second kappa shape index (κ2) is 8.16. The molecule has 2 fully saturated rings. The van der Waals surface area contributed by atoms with Crippen LogP contribution in [0.1, 0.15) is 16.6 Å². The van der Waals surface area contributed by atoms with Crippen molar-refractivity contribution in [2.24, 2.45) is 0 Å². The lowest BCUT2D eigenvalue weighted by Gasteiger charge is -2.35. The highest BCUT2D eigenvalue weighted by Crippen LogP contribution is 2.32. The minimum absolute atomic E-state index is 0.104. The van der Waals surface area contributed by atoms with Crippen LogP contribution in [0.5, 0.6) is 0 Å². The van der Waals surface area contributed by atoms with Gasteiger partial charge in [0, 0.05) is 57.1 Å². The summed E-state index contributed by atoms with van der Waals surface area (Å²) < 4.78 is 0. The summed E-state index contributed by atoms with van der Waals surface area (Å²) in [5.41, 5.74) is 2.22. The molecule has 26 heavy (non-hydrogen) atoms. The number of carbonyl (C=O) groups is 1. The zero-order valence-electron chi connectivity index (χ0n) is 14.6. The third-order valence-electron chi connectivity index (χ3n) is 4.86. The molecule has 0 aliphatic carbocycles. The Bertz CT molecular complexity index is 721. The van der Waals surface area contributed by atoms with E-state index in [1.807, 2.05) is 35.5 Å². The van der Waals surface area contributed by atoms with Gasteiger partial charge in [-0.1, -0.05) is 12.1 Å². The SMILES string of the molecule is O=C(C1CSC(c2cccnc2)N1)N1CCN(Cc2ccccn2)CC1. The summed E-state index contributed by atoms with van der Waals surface area (Å²) in [5.74, 6) is 1.04. The summed E-state index contributed by atoms with van der Waals surface area (Å²) in [5, 5.41) is 3.62. The maximum absolute atomic E-state index is 12.8. The Kier molecular flexibility index (Phi) is 5.48. The first-order valence-corrected chi connectivity index (χ1v) is 10.0. The highest BCUT2D eigenvalue weighted by atomic mass is 32.2. The molecule has 2 aromatic heterocycles. The number of nitrogens with one attached hydrogen (secondary N) is 1. The predicted molar refractivity (Wildman–Crippen MR) is 102 cm³/mol. The standard InChI is InChI=1S/C19H23N5OS/c25-19(17-14-26-18(22-17)15-4-3-6-20-12-15)24-10-8-23(9-11-24)13-16-5-1-2-7-21-16/h1-7,12,17-18,22H,8-11,13-14H2. The fourth-order valence-electron chi connectivity index (χ4n) is 3.40. The minimum Gasteiger partial charge on any atom is -0.339 e. The third-order valence-corrected chi connectivity index (χ3v) is 6.13. The molecular formula is C19H23N5OS. The molecule has 0 bridgehead atoms. The van der Waals surface area contributed by atoms with Crippen LogP contribution in [0, 0.1) is 0 Å². The van der Waals surface area contributed by atoms with Gasteiger partial charge < -0.3 is 4.90 Å². The topological polar surface area (TPSA) is 61.4 Å². The second-order valence-corrected chi connectivity index (χ2v) is 7.78. The molecule has 2 aliphatic heterocycles. The van der Waals surface area contributed by atoms with E-state index in [1.165, 1.54) is 0 Å². The molecular weight excluding hydrogens is 346 g/mol. The van der Waals surface area contributed by atoms with Gasteiger partial charge in [-0.25, -0.2) is 0 Å². The first-order valence-electron chi connectivity index (χ1n) is 8.98. The van der Waals surface area contributed by atoms with Crippen LogP contribution in [0.15, 0.2) is 48.9 Å². The summed E-state index contributed by atoms with van der Waals surface area (Å²) in [6.07, 6.45) is 5.47. The van der Waals surface area contributed by atoms with E-state index < -0.39 is 0 Å². The quantitative estimate of drug-likeness (QED) is 0.882. The monoisotopic (exact) mass is 369 g/mol. The van der Waals surface area contributed by atoms with Crippen molar-refractivity contribution in [3.05, 3.63) is 60.2 Å². The van der Waals surface area contributed by atoms with E-state index in [2.05, 4.69) is 32.3 Å². The van der Waals surface area contributed by atoms with E-state index in [4.69, 9.17) is 0 Å². The largest absolute Gasteiger partial charge is 0.339 e. The van der Waals surface area contributed by atoms with Crippen molar-refractivity contribution in [2.75, 3.05) is 31.9 Å². The smallest absolute Gasteiger partial charge is 0.240 e. The number of hydrogen-bond acceptors (Lipinski definition) is 6. The van der Waals surface area contributed by atoms with Gasteiger partial charge >= 0.3 is 0 Å². The van der Waals surface area contributed by atoms with E-state index >= 15 is 0 Å². The maximum atomic E-state index is 12.8. The molecule has 0 radical (unpaired) electrons. The molecule has 2 aliphatic rings. The maximum Gasteiger partial charge on any atom is 0.240 e. The van der Waals surface area contributed by atoms with Crippen LogP contribution in [0.3, 0.4) is 0 Å². The molecule has 1 amide bonds. The number of aromatic nitrogens is 2. The molecule has 0 aromatic carbocycles. The van der Waals surface area contributed by atoms with Crippen molar-refractivity contribution in [3.63, 3.8) is 0 Å². The Hall–Kier alpha value is -1.96. The summed E-state index contributed by atoms with van der Waals surface area (Å²) >= 11 is 1.78. The number of nitrogens with zero attached hydrogens (tertiary/aromatic N) is 4. The number of carbonyl (C=O) groups excluding carboxylic acids is 1. The van der Waals surface area contributed by atoms with Crippen LogP contribution in [-0.4, -0.2) is 63.6 Å². The van der Waals surface area contributed by atoms with Crippen LogP contribution >= 0.6 is 11.8 Å². The van der Waals surface area contributed by atoms with E-state index in [-0.39, 0.29) is 17.3 Å². The Labute approximate surface area is 158 Å². The van der Waals surface area contributed by atoms with Crippen LogP contribution in [0.2, 0.25) is 0 Å². The van der Waals surface area contributed by atoms with Gasteiger partial charge in [-0.2, -0.15) is 0 Å². The van der Waals surface area contributed by atoms with E-state index in [0.717, 1.165) is 49.7 Å². The summed E-state index contributed by atoms with van der Waals surface area (Å²) in [7, 11) is 0. The van der Waals surface area contributed by atoms with Crippen molar-refractivity contribution < 1.29 is 4.79 Å². The Morgan fingerprint density at radius 2 is 2.04 bits per heavy atom. The van der Waals surface area contributed by atoms with Crippen LogP contribution in [0.25, 0.3) is 0 Å². The van der Waals surface area contributed by atoms with Crippen molar-refractivity contribution in [1.29, 1.82) is 0 Å². The molecule has 2 saturated heterocycles. The van der Waals surface area contributed by atoms with E-state index in [0.29, 0.717) is 0 Å². The Morgan fingerprint density at radius 3 is 2.77 bits per heavy atom. The van der Waals surface area contributed by atoms with Gasteiger partial charge in [0.25, 0.3) is 0 Å². The fraction of sp³-hybridized carbons (Fsp3) is 0.421. The van der Waals surface area contributed by atoms with Gasteiger partial charge in [0.05, 0.1) is 17.1 Å². The molecule has 2 atom stereocenters. The molecule has 136 valence electrons. The molecule has 1 N–H and O–H groups in total. The second-order valence-electron chi connectivity index (χ2n) is 6.64. The highest BCUT2D eigenvalue weighted by molar-refractivity contribution is 7.99. The summed E-state index contributed by atoms with van der Waals surface area (Å²) in [6.45, 7) is 4.21. The molecule has 7 heteroatoms. The minimum atomic E-state index is -0.104. The first-order chi connectivity index (χ1) is 12.8. The molecule has 0 saturated carbocycles. The van der Waals surface area contributed by atoms with Gasteiger partial charge in [-0.15, -0.1) is 11.8 Å². The van der Waals surface area contributed by atoms with Gasteiger partial charge in [0.2, 0.25) is 5.91 Å². The third kappa shape index (κ3) is 4.06. The molecule has 4 rings (SSSR count). The van der Waals surface area contributed by atoms with Gasteiger partial charge in [0.1, 0.15) is 0 Å².